The first-order valence-electron chi connectivity index (χ1n) is 6.60. The second-order valence-electron chi connectivity index (χ2n) is 4.15. The summed E-state index contributed by atoms with van der Waals surface area (Å²) in [5, 5.41) is 0. The molecule has 0 fully saturated rings. The minimum atomic E-state index is -0.464. The second kappa shape index (κ2) is 8.96. The molecule has 0 aliphatic heterocycles. The minimum absolute atomic E-state index is 0.123. The molecule has 0 aliphatic carbocycles. The summed E-state index contributed by atoms with van der Waals surface area (Å²) in [7, 11) is 1.60. The highest BCUT2D eigenvalue weighted by Gasteiger charge is 2.09. The summed E-state index contributed by atoms with van der Waals surface area (Å²) in [6.07, 6.45) is 0.732. The van der Waals surface area contributed by atoms with Gasteiger partial charge in [0, 0.05) is 6.42 Å². The molecule has 0 atom stereocenters. The SMILES string of the molecule is CCOC(=O)CC(=O)CCCOc1ccc(OC)cc1. The van der Waals surface area contributed by atoms with E-state index < -0.39 is 5.97 Å². The third-order valence-electron chi connectivity index (χ3n) is 2.57. The summed E-state index contributed by atoms with van der Waals surface area (Å²) in [5.74, 6) is 0.904. The van der Waals surface area contributed by atoms with Gasteiger partial charge < -0.3 is 14.2 Å². The average molecular weight is 280 g/mol. The zero-order chi connectivity index (χ0) is 14.8. The second-order valence-corrected chi connectivity index (χ2v) is 4.15. The van der Waals surface area contributed by atoms with Gasteiger partial charge in [0.25, 0.3) is 0 Å². The van der Waals surface area contributed by atoms with Gasteiger partial charge in [-0.15, -0.1) is 0 Å². The van der Waals surface area contributed by atoms with Gasteiger partial charge in [-0.1, -0.05) is 0 Å². The van der Waals surface area contributed by atoms with Gasteiger partial charge in [0.2, 0.25) is 0 Å². The first-order chi connectivity index (χ1) is 9.65. The molecule has 5 heteroatoms. The van der Waals surface area contributed by atoms with Crippen LogP contribution in [0.1, 0.15) is 26.2 Å². The van der Waals surface area contributed by atoms with Crippen LogP contribution >= 0.6 is 0 Å². The molecular formula is C15H20O5. The number of ketones is 1. The van der Waals surface area contributed by atoms with Crippen molar-refractivity contribution in [1.29, 1.82) is 0 Å². The zero-order valence-electron chi connectivity index (χ0n) is 11.9. The van der Waals surface area contributed by atoms with E-state index in [-0.39, 0.29) is 12.2 Å². The van der Waals surface area contributed by atoms with E-state index in [2.05, 4.69) is 0 Å². The first-order valence-corrected chi connectivity index (χ1v) is 6.60. The lowest BCUT2D eigenvalue weighted by Gasteiger charge is -2.06. The Balaban J connectivity index is 2.17. The molecule has 0 aromatic heterocycles. The quantitative estimate of drug-likeness (QED) is 0.395. The van der Waals surface area contributed by atoms with Crippen LogP contribution in [-0.4, -0.2) is 32.1 Å². The molecule has 0 spiro atoms. The van der Waals surface area contributed by atoms with Crippen molar-refractivity contribution in [2.45, 2.75) is 26.2 Å². The van der Waals surface area contributed by atoms with Crippen LogP contribution in [0.15, 0.2) is 24.3 Å². The lowest BCUT2D eigenvalue weighted by Crippen LogP contribution is -2.12. The summed E-state index contributed by atoms with van der Waals surface area (Å²) in [5.41, 5.74) is 0. The van der Waals surface area contributed by atoms with Gasteiger partial charge in [0.05, 0.1) is 20.3 Å². The predicted molar refractivity (Wildman–Crippen MR) is 74.0 cm³/mol. The number of esters is 1. The molecule has 0 N–H and O–H groups in total. The van der Waals surface area contributed by atoms with E-state index in [0.29, 0.717) is 26.1 Å². The number of carbonyl (C=O) groups is 2. The van der Waals surface area contributed by atoms with Crippen LogP contribution in [0.5, 0.6) is 11.5 Å². The van der Waals surface area contributed by atoms with E-state index in [1.165, 1.54) is 0 Å². The van der Waals surface area contributed by atoms with Crippen molar-refractivity contribution < 1.29 is 23.8 Å². The van der Waals surface area contributed by atoms with E-state index in [1.807, 2.05) is 0 Å². The van der Waals surface area contributed by atoms with Crippen LogP contribution in [-0.2, 0) is 14.3 Å². The standard InChI is InChI=1S/C15H20O5/c1-3-19-15(17)11-12(16)5-4-10-20-14-8-6-13(18-2)7-9-14/h6-9H,3-5,10-11H2,1-2H3. The van der Waals surface area contributed by atoms with Gasteiger partial charge in [-0.3, -0.25) is 9.59 Å². The van der Waals surface area contributed by atoms with Crippen LogP contribution in [0.4, 0.5) is 0 Å². The minimum Gasteiger partial charge on any atom is -0.497 e. The van der Waals surface area contributed by atoms with Crippen LogP contribution in [0.3, 0.4) is 0 Å². The van der Waals surface area contributed by atoms with Crippen LogP contribution in [0.25, 0.3) is 0 Å². The van der Waals surface area contributed by atoms with Crippen molar-refractivity contribution >= 4 is 11.8 Å². The van der Waals surface area contributed by atoms with Crippen molar-refractivity contribution in [2.75, 3.05) is 20.3 Å². The van der Waals surface area contributed by atoms with Crippen LogP contribution in [0, 0.1) is 0 Å². The fourth-order valence-corrected chi connectivity index (χ4v) is 1.59. The normalized spacial score (nSPS) is 9.90. The predicted octanol–water partition coefficient (Wildman–Crippen LogP) is 2.38. The summed E-state index contributed by atoms with van der Waals surface area (Å²) in [4.78, 5) is 22.5. The van der Waals surface area contributed by atoms with Crippen molar-refractivity contribution in [3.63, 3.8) is 0 Å². The van der Waals surface area contributed by atoms with Crippen LogP contribution in [0.2, 0.25) is 0 Å². The highest BCUT2D eigenvalue weighted by Crippen LogP contribution is 2.17. The molecule has 0 aliphatic rings. The van der Waals surface area contributed by atoms with E-state index >= 15 is 0 Å². The first kappa shape index (κ1) is 16.0. The molecule has 110 valence electrons. The number of rotatable bonds is 9. The van der Waals surface area contributed by atoms with Gasteiger partial charge in [0.15, 0.2) is 0 Å². The van der Waals surface area contributed by atoms with Crippen molar-refractivity contribution in [2.24, 2.45) is 0 Å². The summed E-state index contributed by atoms with van der Waals surface area (Å²) in [6.45, 7) is 2.44. The number of methoxy groups -OCH3 is 1. The van der Waals surface area contributed by atoms with E-state index in [4.69, 9.17) is 14.2 Å². The maximum Gasteiger partial charge on any atom is 0.313 e. The Morgan fingerprint density at radius 3 is 2.35 bits per heavy atom. The Morgan fingerprint density at radius 1 is 1.10 bits per heavy atom. The fraction of sp³-hybridized carbons (Fsp3) is 0.467. The van der Waals surface area contributed by atoms with Crippen molar-refractivity contribution in [1.82, 2.24) is 0 Å². The molecule has 1 aromatic rings. The molecule has 0 bridgehead atoms. The number of Topliss-reactive ketones (excluding diaryl/α,β-unsaturated/α-hetero) is 1. The maximum atomic E-state index is 11.5. The molecule has 0 radical (unpaired) electrons. The Labute approximate surface area is 118 Å². The molecule has 5 nitrogen and oxygen atoms in total. The largest absolute Gasteiger partial charge is 0.497 e. The van der Waals surface area contributed by atoms with Gasteiger partial charge in [-0.25, -0.2) is 0 Å². The maximum absolute atomic E-state index is 11.5. The fourth-order valence-electron chi connectivity index (χ4n) is 1.59. The van der Waals surface area contributed by atoms with Crippen molar-refractivity contribution in [3.05, 3.63) is 24.3 Å². The molecule has 0 saturated heterocycles. The molecule has 1 aromatic carbocycles. The Hall–Kier alpha value is -2.04. The third-order valence-corrected chi connectivity index (χ3v) is 2.57. The molecule has 0 saturated carbocycles. The topological polar surface area (TPSA) is 61.8 Å². The number of hydrogen-bond donors (Lipinski definition) is 0. The monoisotopic (exact) mass is 280 g/mol. The van der Waals surface area contributed by atoms with Gasteiger partial charge in [-0.05, 0) is 37.6 Å². The number of benzene rings is 1. The Morgan fingerprint density at radius 2 is 1.75 bits per heavy atom. The average Bonchev–Trinajstić information content (AvgIpc) is 2.44. The Bertz CT molecular complexity index is 424. The van der Waals surface area contributed by atoms with Gasteiger partial charge in [0.1, 0.15) is 23.7 Å². The lowest BCUT2D eigenvalue weighted by molar-refractivity contribution is -0.145. The molecular weight excluding hydrogens is 260 g/mol. The number of carbonyl (C=O) groups excluding carboxylic acids is 2. The smallest absolute Gasteiger partial charge is 0.313 e. The summed E-state index contributed by atoms with van der Waals surface area (Å²) in [6, 6.07) is 7.22. The Kier molecular flexibility index (Phi) is 7.17. The lowest BCUT2D eigenvalue weighted by atomic mass is 10.2. The van der Waals surface area contributed by atoms with Crippen LogP contribution < -0.4 is 9.47 Å². The molecule has 0 amide bonds. The van der Waals surface area contributed by atoms with Gasteiger partial charge in [-0.2, -0.15) is 0 Å². The van der Waals surface area contributed by atoms with E-state index in [9.17, 15) is 9.59 Å². The zero-order valence-corrected chi connectivity index (χ0v) is 11.9. The number of ether oxygens (including phenoxy) is 3. The van der Waals surface area contributed by atoms with E-state index in [1.54, 1.807) is 38.3 Å². The highest BCUT2D eigenvalue weighted by atomic mass is 16.5. The van der Waals surface area contributed by atoms with Gasteiger partial charge >= 0.3 is 5.97 Å². The summed E-state index contributed by atoms with van der Waals surface area (Å²) < 4.78 is 15.2. The summed E-state index contributed by atoms with van der Waals surface area (Å²) >= 11 is 0. The van der Waals surface area contributed by atoms with Crippen molar-refractivity contribution in [3.8, 4) is 11.5 Å². The highest BCUT2D eigenvalue weighted by molar-refractivity contribution is 5.95. The molecule has 20 heavy (non-hydrogen) atoms. The molecule has 0 heterocycles. The molecule has 1 rings (SSSR count). The third kappa shape index (κ3) is 6.22. The molecule has 0 unspecified atom stereocenters. The number of hydrogen-bond acceptors (Lipinski definition) is 5. The van der Waals surface area contributed by atoms with E-state index in [0.717, 1.165) is 11.5 Å².